The van der Waals surface area contributed by atoms with Crippen LogP contribution in [-0.4, -0.2) is 47.0 Å². The van der Waals surface area contributed by atoms with Crippen molar-refractivity contribution < 1.29 is 14.7 Å². The van der Waals surface area contributed by atoms with E-state index in [0.29, 0.717) is 33.7 Å². The van der Waals surface area contributed by atoms with Gasteiger partial charge in [0.2, 0.25) is 0 Å². The Hall–Kier alpha value is -5.72. The Morgan fingerprint density at radius 2 is 1.48 bits per heavy atom. The van der Waals surface area contributed by atoms with E-state index < -0.39 is 11.1 Å². The number of hydrogen-bond acceptors (Lipinski definition) is 7. The summed E-state index contributed by atoms with van der Waals surface area (Å²) in [4.78, 5) is 38.0. The number of carbonyl (C=O) groups excluding carboxylic acids is 2. The number of imide groups is 1. The monoisotopic (exact) mass is 576 g/mol. The lowest BCUT2D eigenvalue weighted by Crippen LogP contribution is -2.63. The fourth-order valence-electron chi connectivity index (χ4n) is 6.89. The molecule has 44 heavy (non-hydrogen) atoms. The summed E-state index contributed by atoms with van der Waals surface area (Å²) in [7, 11) is 0. The van der Waals surface area contributed by atoms with Gasteiger partial charge in [-0.2, -0.15) is 14.9 Å². The first-order valence-electron chi connectivity index (χ1n) is 14.2. The van der Waals surface area contributed by atoms with Crippen LogP contribution in [0, 0.1) is 11.3 Å². The van der Waals surface area contributed by atoms with Crippen LogP contribution in [0.5, 0.6) is 0 Å². The van der Waals surface area contributed by atoms with Crippen molar-refractivity contribution in [2.24, 2.45) is 0 Å². The van der Waals surface area contributed by atoms with Gasteiger partial charge in [0.05, 0.1) is 34.2 Å². The van der Waals surface area contributed by atoms with Crippen LogP contribution in [0.25, 0.3) is 39.1 Å². The van der Waals surface area contributed by atoms with E-state index >= 15 is 0 Å². The van der Waals surface area contributed by atoms with Crippen LogP contribution in [-0.2, 0) is 5.54 Å². The number of nitrogens with zero attached hydrogens (tertiary/aromatic N) is 6. The van der Waals surface area contributed by atoms with Crippen LogP contribution in [0.3, 0.4) is 0 Å². The Morgan fingerprint density at radius 1 is 0.818 bits per heavy atom. The smallest absolute Gasteiger partial charge is 0.262 e. The zero-order valence-electron chi connectivity index (χ0n) is 23.6. The summed E-state index contributed by atoms with van der Waals surface area (Å²) in [5.41, 5.74) is 4.27. The minimum absolute atomic E-state index is 0.236. The molecule has 4 heterocycles. The number of nitriles is 1. The highest BCUT2D eigenvalue weighted by Crippen LogP contribution is 2.54. The first kappa shape index (κ1) is 25.9. The number of aliphatic hydroxyl groups is 1. The number of pyridine rings is 1. The second-order valence-corrected chi connectivity index (χ2v) is 11.8. The van der Waals surface area contributed by atoms with Gasteiger partial charge in [0.25, 0.3) is 11.8 Å². The molecule has 6 aromatic rings. The van der Waals surface area contributed by atoms with E-state index in [2.05, 4.69) is 16.2 Å². The summed E-state index contributed by atoms with van der Waals surface area (Å²) in [5.74, 6) is -0.692. The van der Waals surface area contributed by atoms with Crippen LogP contribution in [0.1, 0.15) is 51.6 Å². The molecule has 1 aliphatic carbocycles. The van der Waals surface area contributed by atoms with Gasteiger partial charge in [-0.25, -0.2) is 9.97 Å². The Kier molecular flexibility index (Phi) is 5.39. The van der Waals surface area contributed by atoms with Crippen LogP contribution < -0.4 is 0 Å². The van der Waals surface area contributed by atoms with Crippen molar-refractivity contribution in [3.8, 4) is 28.5 Å². The molecule has 0 saturated heterocycles. The van der Waals surface area contributed by atoms with Crippen LogP contribution in [0.2, 0.25) is 0 Å². The highest BCUT2D eigenvalue weighted by Gasteiger charge is 2.60. The van der Waals surface area contributed by atoms with Gasteiger partial charge >= 0.3 is 0 Å². The SMILES string of the molecule is CC1(O)CC(c2ccc(-c3nc4c(cnc5c(C#N)cnn54)cc3-c3ccccc3)cc2)(N2C(=O)c3ccccc3C2=O)C1. The number of aromatic nitrogens is 4. The second-order valence-electron chi connectivity index (χ2n) is 11.8. The first-order valence-corrected chi connectivity index (χ1v) is 14.2. The minimum Gasteiger partial charge on any atom is -0.390 e. The molecule has 9 heteroatoms. The lowest BCUT2D eigenvalue weighted by molar-refractivity contribution is -0.118. The normalized spacial score (nSPS) is 21.0. The fourth-order valence-corrected chi connectivity index (χ4v) is 6.89. The molecule has 2 amide bonds. The molecular formula is C35H24N6O3. The molecule has 1 N–H and O–H groups in total. The molecule has 0 atom stereocenters. The summed E-state index contributed by atoms with van der Waals surface area (Å²) in [6.07, 6.45) is 3.66. The summed E-state index contributed by atoms with van der Waals surface area (Å²) in [5, 5.41) is 25.5. The van der Waals surface area contributed by atoms with Crippen molar-refractivity contribution in [3.63, 3.8) is 0 Å². The van der Waals surface area contributed by atoms with Gasteiger partial charge in [-0.3, -0.25) is 14.5 Å². The fraction of sp³-hybridized carbons (Fsp3) is 0.143. The molecule has 9 nitrogen and oxygen atoms in total. The third kappa shape index (κ3) is 3.65. The quantitative estimate of drug-likeness (QED) is 0.274. The average Bonchev–Trinajstić information content (AvgIpc) is 3.58. The molecule has 3 aromatic heterocycles. The number of fused-ring (bicyclic) bond motifs is 4. The highest BCUT2D eigenvalue weighted by atomic mass is 16.3. The van der Waals surface area contributed by atoms with Gasteiger partial charge in [0.1, 0.15) is 11.6 Å². The molecule has 212 valence electrons. The van der Waals surface area contributed by atoms with E-state index in [1.165, 1.54) is 11.1 Å². The lowest BCUT2D eigenvalue weighted by atomic mass is 9.61. The molecule has 0 spiro atoms. The van der Waals surface area contributed by atoms with Crippen molar-refractivity contribution in [3.05, 3.63) is 120 Å². The largest absolute Gasteiger partial charge is 0.390 e. The van der Waals surface area contributed by atoms with E-state index in [-0.39, 0.29) is 24.7 Å². The average molecular weight is 577 g/mol. The van der Waals surface area contributed by atoms with Gasteiger partial charge in [-0.1, -0.05) is 66.7 Å². The number of hydrogen-bond donors (Lipinski definition) is 1. The maximum Gasteiger partial charge on any atom is 0.262 e. The molecule has 3 aromatic carbocycles. The number of benzene rings is 3. The summed E-state index contributed by atoms with van der Waals surface area (Å²) in [6, 6.07) is 28.6. The van der Waals surface area contributed by atoms with E-state index in [1.54, 1.807) is 41.9 Å². The number of carbonyl (C=O) groups is 2. The van der Waals surface area contributed by atoms with Gasteiger partial charge in [-0.15, -0.1) is 0 Å². The van der Waals surface area contributed by atoms with E-state index in [1.807, 2.05) is 60.7 Å². The zero-order valence-corrected chi connectivity index (χ0v) is 23.6. The van der Waals surface area contributed by atoms with E-state index in [0.717, 1.165) is 27.6 Å². The Morgan fingerprint density at radius 3 is 2.11 bits per heavy atom. The van der Waals surface area contributed by atoms with Crippen molar-refractivity contribution in [2.75, 3.05) is 0 Å². The summed E-state index contributed by atoms with van der Waals surface area (Å²) >= 11 is 0. The third-order valence-corrected chi connectivity index (χ3v) is 8.77. The van der Waals surface area contributed by atoms with Crippen molar-refractivity contribution in [1.29, 1.82) is 5.26 Å². The first-order chi connectivity index (χ1) is 21.3. The second kappa shape index (κ2) is 9.14. The molecule has 0 radical (unpaired) electrons. The molecule has 8 rings (SSSR count). The molecule has 1 fully saturated rings. The van der Waals surface area contributed by atoms with Crippen LogP contribution in [0.4, 0.5) is 0 Å². The topological polar surface area (TPSA) is 124 Å². The standard InChI is InChI=1S/C35H24N6O3/c1-34(44)19-35(20-34,40-32(42)26-9-5-6-10-27(26)33(40)43)25-13-11-22(12-14-25)29-28(21-7-3-2-4-8-21)15-23-17-37-30-24(16-36)18-38-41(30)31(23)39-29/h2-15,17-18,44H,19-20H2,1H3. The Bertz CT molecular complexity index is 2170. The van der Waals surface area contributed by atoms with Gasteiger partial charge in [0.15, 0.2) is 11.3 Å². The molecule has 1 aliphatic heterocycles. The van der Waals surface area contributed by atoms with Crippen molar-refractivity contribution >= 4 is 28.5 Å². The predicted octanol–water partition coefficient (Wildman–Crippen LogP) is 5.52. The zero-order chi connectivity index (χ0) is 30.2. The van der Waals surface area contributed by atoms with Gasteiger partial charge < -0.3 is 5.11 Å². The minimum atomic E-state index is -1.01. The maximum atomic E-state index is 13.6. The highest BCUT2D eigenvalue weighted by molar-refractivity contribution is 6.22. The number of rotatable bonds is 4. The molecule has 0 bridgehead atoms. The molecular weight excluding hydrogens is 552 g/mol. The lowest BCUT2D eigenvalue weighted by Gasteiger charge is -2.55. The van der Waals surface area contributed by atoms with Crippen LogP contribution in [0.15, 0.2) is 97.3 Å². The summed E-state index contributed by atoms with van der Waals surface area (Å²) in [6.45, 7) is 1.73. The van der Waals surface area contributed by atoms with Gasteiger partial charge in [-0.05, 0) is 36.2 Å². The third-order valence-electron chi connectivity index (χ3n) is 8.77. The Labute approximate surface area is 251 Å². The number of amides is 2. The van der Waals surface area contributed by atoms with E-state index in [9.17, 15) is 20.0 Å². The Balaban J connectivity index is 1.27. The van der Waals surface area contributed by atoms with E-state index in [4.69, 9.17) is 4.98 Å². The van der Waals surface area contributed by atoms with Crippen molar-refractivity contribution in [2.45, 2.75) is 30.9 Å². The predicted molar refractivity (Wildman–Crippen MR) is 162 cm³/mol. The van der Waals surface area contributed by atoms with Crippen molar-refractivity contribution in [1.82, 2.24) is 24.5 Å². The van der Waals surface area contributed by atoms with Crippen LogP contribution >= 0.6 is 0 Å². The molecule has 0 unspecified atom stereocenters. The summed E-state index contributed by atoms with van der Waals surface area (Å²) < 4.78 is 1.58. The van der Waals surface area contributed by atoms with Gasteiger partial charge in [0, 0.05) is 35.6 Å². The molecule has 1 saturated carbocycles. The molecule has 2 aliphatic rings. The maximum absolute atomic E-state index is 13.6.